The lowest BCUT2D eigenvalue weighted by molar-refractivity contribution is 0.0969. The number of hydrogen-bond acceptors (Lipinski definition) is 3. The van der Waals surface area contributed by atoms with E-state index in [-0.39, 0.29) is 16.5 Å². The molecular weight excluding hydrogens is 299 g/mol. The number of aliphatic hydroxyl groups is 1. The van der Waals surface area contributed by atoms with Crippen molar-refractivity contribution in [3.8, 4) is 6.07 Å². The zero-order valence-corrected chi connectivity index (χ0v) is 11.6. The van der Waals surface area contributed by atoms with E-state index in [4.69, 9.17) is 5.26 Å². The third-order valence-electron chi connectivity index (χ3n) is 3.38. The van der Waals surface area contributed by atoms with Gasteiger partial charge < -0.3 is 10.0 Å². The number of benzene rings is 1. The van der Waals surface area contributed by atoms with Gasteiger partial charge in [0, 0.05) is 13.1 Å². The predicted octanol–water partition coefficient (Wildman–Crippen LogP) is 2.67. The highest BCUT2D eigenvalue weighted by Gasteiger charge is 2.26. The minimum atomic E-state index is -0.405. The molecule has 1 aromatic rings. The minimum absolute atomic E-state index is 0.118. The van der Waals surface area contributed by atoms with Gasteiger partial charge in [-0.05, 0) is 40.4 Å². The quantitative estimate of drug-likeness (QED) is 0.867. The molecule has 2 atom stereocenters. The molecule has 0 bridgehead atoms. The zero-order chi connectivity index (χ0) is 13.3. The molecule has 1 aliphatic rings. The van der Waals surface area contributed by atoms with E-state index in [0.717, 1.165) is 0 Å². The summed E-state index contributed by atoms with van der Waals surface area (Å²) in [6.45, 7) is 3.20. The molecule has 0 saturated carbocycles. The monoisotopic (exact) mass is 312 g/mol. The molecule has 0 spiro atoms. The maximum Gasteiger partial charge on any atom is 0.161 e. The van der Waals surface area contributed by atoms with Gasteiger partial charge in [0.1, 0.15) is 6.07 Å². The summed E-state index contributed by atoms with van der Waals surface area (Å²) in [5.74, 6) is -0.287. The minimum Gasteiger partial charge on any atom is -0.393 e. The standard InChI is InChI=1S/C13H14BrFN2O/c1-8-7-17(5-4-11(8)18)10-3-2-9(6-16)12(14)13(10)15/h2-3,8,11,18H,4-5,7H2,1H3. The smallest absolute Gasteiger partial charge is 0.161 e. The Labute approximate surface area is 114 Å². The Morgan fingerprint density at radius 1 is 1.56 bits per heavy atom. The predicted molar refractivity (Wildman–Crippen MR) is 70.8 cm³/mol. The van der Waals surface area contributed by atoms with Crippen LogP contribution in [0.25, 0.3) is 0 Å². The fourth-order valence-electron chi connectivity index (χ4n) is 2.22. The van der Waals surface area contributed by atoms with Crippen molar-refractivity contribution in [3.63, 3.8) is 0 Å². The number of rotatable bonds is 1. The second-order valence-corrected chi connectivity index (χ2v) is 5.44. The first-order chi connectivity index (χ1) is 8.54. The highest BCUT2D eigenvalue weighted by Crippen LogP contribution is 2.31. The number of piperidine rings is 1. The first-order valence-corrected chi connectivity index (χ1v) is 6.65. The van der Waals surface area contributed by atoms with Gasteiger partial charge in [-0.25, -0.2) is 4.39 Å². The topological polar surface area (TPSA) is 47.3 Å². The van der Waals surface area contributed by atoms with E-state index in [2.05, 4.69) is 15.9 Å². The van der Waals surface area contributed by atoms with Crippen LogP contribution in [0.4, 0.5) is 10.1 Å². The normalized spacial score (nSPS) is 23.8. The molecule has 1 saturated heterocycles. The van der Waals surface area contributed by atoms with E-state index in [1.54, 1.807) is 12.1 Å². The Balaban J connectivity index is 2.30. The van der Waals surface area contributed by atoms with Gasteiger partial charge in [-0.2, -0.15) is 5.26 Å². The van der Waals surface area contributed by atoms with Gasteiger partial charge in [0.25, 0.3) is 0 Å². The molecule has 5 heteroatoms. The van der Waals surface area contributed by atoms with Crippen molar-refractivity contribution in [3.05, 3.63) is 28.0 Å². The summed E-state index contributed by atoms with van der Waals surface area (Å²) in [6, 6.07) is 5.17. The first kappa shape index (κ1) is 13.3. The highest BCUT2D eigenvalue weighted by molar-refractivity contribution is 9.10. The second-order valence-electron chi connectivity index (χ2n) is 4.65. The van der Waals surface area contributed by atoms with Crippen LogP contribution in [0, 0.1) is 23.1 Å². The number of nitrogens with zero attached hydrogens (tertiary/aromatic N) is 2. The molecule has 0 radical (unpaired) electrons. The molecule has 96 valence electrons. The third-order valence-corrected chi connectivity index (χ3v) is 4.16. The summed E-state index contributed by atoms with van der Waals surface area (Å²) in [5.41, 5.74) is 0.779. The summed E-state index contributed by atoms with van der Waals surface area (Å²) in [4.78, 5) is 1.92. The molecule has 3 nitrogen and oxygen atoms in total. The Hall–Kier alpha value is -1.12. The Morgan fingerprint density at radius 2 is 2.28 bits per heavy atom. The van der Waals surface area contributed by atoms with Crippen molar-refractivity contribution < 1.29 is 9.50 Å². The van der Waals surface area contributed by atoms with Crippen LogP contribution in [-0.4, -0.2) is 24.3 Å². The van der Waals surface area contributed by atoms with Gasteiger partial charge in [0.05, 0.1) is 21.8 Å². The van der Waals surface area contributed by atoms with Crippen molar-refractivity contribution in [1.82, 2.24) is 0 Å². The molecular formula is C13H14BrFN2O. The fourth-order valence-corrected chi connectivity index (χ4v) is 2.65. The molecule has 0 aromatic heterocycles. The van der Waals surface area contributed by atoms with E-state index < -0.39 is 5.82 Å². The maximum atomic E-state index is 14.2. The highest BCUT2D eigenvalue weighted by atomic mass is 79.9. The van der Waals surface area contributed by atoms with Crippen LogP contribution in [0.1, 0.15) is 18.9 Å². The molecule has 2 unspecified atom stereocenters. The molecule has 1 fully saturated rings. The lowest BCUT2D eigenvalue weighted by atomic mass is 9.96. The van der Waals surface area contributed by atoms with Crippen molar-refractivity contribution in [2.75, 3.05) is 18.0 Å². The lowest BCUT2D eigenvalue weighted by Gasteiger charge is -2.36. The van der Waals surface area contributed by atoms with E-state index >= 15 is 0 Å². The van der Waals surface area contributed by atoms with Crippen molar-refractivity contribution in [1.29, 1.82) is 5.26 Å². The van der Waals surface area contributed by atoms with Gasteiger partial charge in [0.15, 0.2) is 5.82 Å². The van der Waals surface area contributed by atoms with E-state index in [1.165, 1.54) is 0 Å². The number of hydrogen-bond donors (Lipinski definition) is 1. The summed E-state index contributed by atoms with van der Waals surface area (Å²) in [7, 11) is 0. The summed E-state index contributed by atoms with van der Waals surface area (Å²) < 4.78 is 14.4. The second kappa shape index (κ2) is 5.25. The van der Waals surface area contributed by atoms with Crippen LogP contribution in [0.3, 0.4) is 0 Å². The van der Waals surface area contributed by atoms with Crippen LogP contribution in [0.15, 0.2) is 16.6 Å². The van der Waals surface area contributed by atoms with Crippen LogP contribution in [0.2, 0.25) is 0 Å². The molecule has 2 rings (SSSR count). The van der Waals surface area contributed by atoms with E-state index in [0.29, 0.717) is 30.8 Å². The number of anilines is 1. The van der Waals surface area contributed by atoms with Gasteiger partial charge in [-0.15, -0.1) is 0 Å². The molecule has 18 heavy (non-hydrogen) atoms. The molecule has 1 N–H and O–H groups in total. The van der Waals surface area contributed by atoms with Crippen LogP contribution < -0.4 is 4.90 Å². The van der Waals surface area contributed by atoms with Gasteiger partial charge >= 0.3 is 0 Å². The molecule has 1 aliphatic heterocycles. The summed E-state index contributed by atoms with van der Waals surface area (Å²) >= 11 is 3.11. The number of halogens is 2. The van der Waals surface area contributed by atoms with Crippen LogP contribution in [-0.2, 0) is 0 Å². The first-order valence-electron chi connectivity index (χ1n) is 5.85. The fraction of sp³-hybridized carbons (Fsp3) is 0.462. The van der Waals surface area contributed by atoms with Gasteiger partial charge in [-0.3, -0.25) is 0 Å². The average molecular weight is 313 g/mol. The van der Waals surface area contributed by atoms with Crippen molar-refractivity contribution >= 4 is 21.6 Å². The summed E-state index contributed by atoms with van der Waals surface area (Å²) in [6.07, 6.45) is 0.323. The van der Waals surface area contributed by atoms with Crippen molar-refractivity contribution in [2.45, 2.75) is 19.4 Å². The van der Waals surface area contributed by atoms with Crippen LogP contribution >= 0.6 is 15.9 Å². The maximum absolute atomic E-state index is 14.2. The zero-order valence-electron chi connectivity index (χ0n) is 10.0. The Morgan fingerprint density at radius 3 is 2.89 bits per heavy atom. The molecule has 0 aliphatic carbocycles. The Kier molecular flexibility index (Phi) is 3.88. The molecule has 1 heterocycles. The number of nitriles is 1. The summed E-state index contributed by atoms with van der Waals surface area (Å²) in [5, 5.41) is 18.5. The average Bonchev–Trinajstić information content (AvgIpc) is 2.36. The molecule has 0 amide bonds. The van der Waals surface area contributed by atoms with Crippen molar-refractivity contribution in [2.24, 2.45) is 5.92 Å². The van der Waals surface area contributed by atoms with Gasteiger partial charge in [-0.1, -0.05) is 6.92 Å². The Bertz CT molecular complexity index is 500. The number of aliphatic hydroxyl groups excluding tert-OH is 1. The molecule has 1 aromatic carbocycles. The van der Waals surface area contributed by atoms with E-state index in [1.807, 2.05) is 17.9 Å². The van der Waals surface area contributed by atoms with E-state index in [9.17, 15) is 9.50 Å². The van der Waals surface area contributed by atoms with Gasteiger partial charge in [0.2, 0.25) is 0 Å². The van der Waals surface area contributed by atoms with Crippen LogP contribution in [0.5, 0.6) is 0 Å². The lowest BCUT2D eigenvalue weighted by Crippen LogP contribution is -2.42. The largest absolute Gasteiger partial charge is 0.393 e. The SMILES string of the molecule is CC1CN(c2ccc(C#N)c(Br)c2F)CCC1O. The third kappa shape index (κ3) is 2.36.